The lowest BCUT2D eigenvalue weighted by atomic mass is 9.97. The van der Waals surface area contributed by atoms with Gasteiger partial charge >= 0.3 is 0 Å². The summed E-state index contributed by atoms with van der Waals surface area (Å²) in [5, 5.41) is 5.29. The van der Waals surface area contributed by atoms with E-state index in [1.807, 2.05) is 18.3 Å². The minimum atomic E-state index is -0.00885. The van der Waals surface area contributed by atoms with Gasteiger partial charge in [-0.1, -0.05) is 5.16 Å². The molecule has 1 saturated carbocycles. The maximum Gasteiger partial charge on any atom is 0.249 e. The molecule has 0 spiro atoms. The van der Waals surface area contributed by atoms with Crippen molar-refractivity contribution < 1.29 is 9.26 Å². The van der Waals surface area contributed by atoms with Crippen LogP contribution in [0.25, 0.3) is 10.2 Å². The van der Waals surface area contributed by atoms with Crippen molar-refractivity contribution >= 4 is 27.4 Å². The Bertz CT molecular complexity index is 1070. The van der Waals surface area contributed by atoms with Crippen molar-refractivity contribution in [1.82, 2.24) is 20.1 Å². The Morgan fingerprint density at radius 1 is 1.14 bits per heavy atom. The predicted octanol–water partition coefficient (Wildman–Crippen LogP) is 4.11. The maximum atomic E-state index is 5.75. The first kappa shape index (κ1) is 17.8. The zero-order chi connectivity index (χ0) is 19.5. The predicted molar refractivity (Wildman–Crippen MR) is 111 cm³/mol. The SMILES string of the molecule is COC1CC(c2nc(C)no2)N(c2nc(C3CC3)nc3sc4c(c23)CCCC4)C1. The number of hydrogen-bond acceptors (Lipinski definition) is 8. The van der Waals surface area contributed by atoms with Gasteiger partial charge in [0.1, 0.15) is 22.5 Å². The smallest absolute Gasteiger partial charge is 0.249 e. The number of nitrogens with zero attached hydrogens (tertiary/aromatic N) is 5. The highest BCUT2D eigenvalue weighted by atomic mass is 32.1. The summed E-state index contributed by atoms with van der Waals surface area (Å²) in [5.74, 6) is 3.90. The molecule has 2 unspecified atom stereocenters. The lowest BCUT2D eigenvalue weighted by Crippen LogP contribution is -2.27. The molecule has 1 saturated heterocycles. The molecule has 2 atom stereocenters. The molecule has 3 aromatic rings. The van der Waals surface area contributed by atoms with Crippen LogP contribution in [0.1, 0.15) is 72.0 Å². The largest absolute Gasteiger partial charge is 0.380 e. The van der Waals surface area contributed by atoms with Crippen molar-refractivity contribution in [3.05, 3.63) is 28.0 Å². The molecule has 0 N–H and O–H groups in total. The molecule has 6 rings (SSSR count). The Balaban J connectivity index is 1.53. The molecule has 29 heavy (non-hydrogen) atoms. The molecular formula is C21H25N5O2S. The molecule has 7 nitrogen and oxygen atoms in total. The highest BCUT2D eigenvalue weighted by Gasteiger charge is 2.40. The maximum absolute atomic E-state index is 5.75. The third-order valence-electron chi connectivity index (χ3n) is 6.45. The number of thiophene rings is 1. The minimum Gasteiger partial charge on any atom is -0.380 e. The number of aryl methyl sites for hydroxylation is 3. The first-order chi connectivity index (χ1) is 14.2. The second-order valence-electron chi connectivity index (χ2n) is 8.51. The van der Waals surface area contributed by atoms with Crippen molar-refractivity contribution in [1.29, 1.82) is 0 Å². The number of ether oxygens (including phenoxy) is 1. The van der Waals surface area contributed by atoms with Crippen molar-refractivity contribution in [2.24, 2.45) is 0 Å². The molecule has 4 heterocycles. The summed E-state index contributed by atoms with van der Waals surface area (Å²) in [5.41, 5.74) is 1.47. The summed E-state index contributed by atoms with van der Waals surface area (Å²) in [4.78, 5) is 19.7. The Kier molecular flexibility index (Phi) is 4.13. The van der Waals surface area contributed by atoms with Crippen LogP contribution in [0.5, 0.6) is 0 Å². The topological polar surface area (TPSA) is 77.2 Å². The van der Waals surface area contributed by atoms with E-state index in [2.05, 4.69) is 15.0 Å². The average Bonchev–Trinajstić information content (AvgIpc) is 3.18. The number of aromatic nitrogens is 4. The van der Waals surface area contributed by atoms with Gasteiger partial charge < -0.3 is 14.2 Å². The van der Waals surface area contributed by atoms with E-state index in [-0.39, 0.29) is 12.1 Å². The normalized spacial score (nSPS) is 24.4. The monoisotopic (exact) mass is 411 g/mol. The van der Waals surface area contributed by atoms with Crippen LogP contribution in [0.3, 0.4) is 0 Å². The summed E-state index contributed by atoms with van der Waals surface area (Å²) < 4.78 is 11.3. The van der Waals surface area contributed by atoms with Gasteiger partial charge in [-0.05, 0) is 51.0 Å². The molecule has 3 aromatic heterocycles. The van der Waals surface area contributed by atoms with Gasteiger partial charge in [-0.3, -0.25) is 0 Å². The number of hydrogen-bond donors (Lipinski definition) is 0. The van der Waals surface area contributed by atoms with Crippen LogP contribution < -0.4 is 4.90 Å². The standard InChI is InChI=1S/C21H25N5O2S/c1-11-22-20(28-25-11)15-9-13(27-2)10-26(15)19-17-14-5-3-4-6-16(14)29-21(17)24-18(23-19)12-7-8-12/h12-13,15H,3-10H2,1-2H3. The van der Waals surface area contributed by atoms with E-state index in [1.165, 1.54) is 47.9 Å². The molecule has 8 heteroatoms. The van der Waals surface area contributed by atoms with Crippen LogP contribution in [0, 0.1) is 6.92 Å². The number of methoxy groups -OCH3 is 1. The molecule has 3 aliphatic rings. The summed E-state index contributed by atoms with van der Waals surface area (Å²) in [6.07, 6.45) is 8.16. The van der Waals surface area contributed by atoms with E-state index in [9.17, 15) is 0 Å². The third-order valence-corrected chi connectivity index (χ3v) is 7.64. The van der Waals surface area contributed by atoms with Gasteiger partial charge in [0.25, 0.3) is 0 Å². The van der Waals surface area contributed by atoms with Crippen molar-refractivity contribution in [3.63, 3.8) is 0 Å². The molecule has 0 amide bonds. The van der Waals surface area contributed by atoms with Crippen LogP contribution in [-0.2, 0) is 17.6 Å². The average molecular weight is 412 g/mol. The van der Waals surface area contributed by atoms with Crippen LogP contribution in [0.4, 0.5) is 5.82 Å². The van der Waals surface area contributed by atoms with Crippen LogP contribution >= 0.6 is 11.3 Å². The lowest BCUT2D eigenvalue weighted by molar-refractivity contribution is 0.117. The van der Waals surface area contributed by atoms with Gasteiger partial charge in [0.15, 0.2) is 5.82 Å². The van der Waals surface area contributed by atoms with E-state index in [4.69, 9.17) is 19.2 Å². The molecule has 0 aromatic carbocycles. The van der Waals surface area contributed by atoms with E-state index in [0.717, 1.165) is 35.9 Å². The van der Waals surface area contributed by atoms with Gasteiger partial charge in [0, 0.05) is 30.9 Å². The molecule has 1 aliphatic heterocycles. The highest BCUT2D eigenvalue weighted by molar-refractivity contribution is 7.19. The fourth-order valence-electron chi connectivity index (χ4n) is 4.77. The van der Waals surface area contributed by atoms with Crippen LogP contribution in [-0.4, -0.2) is 39.9 Å². The van der Waals surface area contributed by atoms with Crippen LogP contribution in [0.2, 0.25) is 0 Å². The second-order valence-corrected chi connectivity index (χ2v) is 9.60. The number of anilines is 1. The quantitative estimate of drug-likeness (QED) is 0.639. The zero-order valence-electron chi connectivity index (χ0n) is 16.8. The van der Waals surface area contributed by atoms with Crippen molar-refractivity contribution in [3.8, 4) is 0 Å². The van der Waals surface area contributed by atoms with E-state index in [1.54, 1.807) is 7.11 Å². The summed E-state index contributed by atoms with van der Waals surface area (Å²) in [6, 6.07) is -0.00885. The second kappa shape index (κ2) is 6.74. The Hall–Kier alpha value is -2.06. The fraction of sp³-hybridized carbons (Fsp3) is 0.619. The molecule has 152 valence electrons. The molecule has 2 fully saturated rings. The van der Waals surface area contributed by atoms with E-state index >= 15 is 0 Å². The van der Waals surface area contributed by atoms with Gasteiger partial charge in [0.2, 0.25) is 5.89 Å². The number of fused-ring (bicyclic) bond motifs is 3. The molecule has 2 aliphatic carbocycles. The first-order valence-corrected chi connectivity index (χ1v) is 11.4. The summed E-state index contributed by atoms with van der Waals surface area (Å²) in [7, 11) is 1.78. The zero-order valence-corrected chi connectivity index (χ0v) is 17.7. The molecule has 0 radical (unpaired) electrons. The Morgan fingerprint density at radius 2 is 2.00 bits per heavy atom. The van der Waals surface area contributed by atoms with Gasteiger partial charge in [0.05, 0.1) is 11.5 Å². The highest BCUT2D eigenvalue weighted by Crippen LogP contribution is 2.46. The van der Waals surface area contributed by atoms with Crippen LogP contribution in [0.15, 0.2) is 4.52 Å². The Labute approximate surface area is 173 Å². The van der Waals surface area contributed by atoms with E-state index in [0.29, 0.717) is 17.6 Å². The summed E-state index contributed by atoms with van der Waals surface area (Å²) >= 11 is 1.88. The van der Waals surface area contributed by atoms with Gasteiger partial charge in [-0.25, -0.2) is 9.97 Å². The Morgan fingerprint density at radius 3 is 2.76 bits per heavy atom. The summed E-state index contributed by atoms with van der Waals surface area (Å²) in [6.45, 7) is 2.65. The minimum absolute atomic E-state index is 0.00885. The van der Waals surface area contributed by atoms with Gasteiger partial charge in [-0.15, -0.1) is 11.3 Å². The van der Waals surface area contributed by atoms with Crippen molar-refractivity contribution in [2.75, 3.05) is 18.6 Å². The van der Waals surface area contributed by atoms with E-state index < -0.39 is 0 Å². The number of rotatable bonds is 4. The first-order valence-electron chi connectivity index (χ1n) is 10.6. The van der Waals surface area contributed by atoms with Crippen molar-refractivity contribution in [2.45, 2.75) is 69.9 Å². The third kappa shape index (κ3) is 2.95. The van der Waals surface area contributed by atoms with Gasteiger partial charge in [-0.2, -0.15) is 4.98 Å². The lowest BCUT2D eigenvalue weighted by Gasteiger charge is -2.25. The molecular weight excluding hydrogens is 386 g/mol. The fourth-order valence-corrected chi connectivity index (χ4v) is 6.03. The molecule has 0 bridgehead atoms.